The van der Waals surface area contributed by atoms with Crippen molar-refractivity contribution in [3.8, 4) is 11.5 Å². The highest BCUT2D eigenvalue weighted by molar-refractivity contribution is 7.91. The maximum absolute atomic E-state index is 13.2. The summed E-state index contributed by atoms with van der Waals surface area (Å²) in [5.41, 5.74) is 1.07. The maximum Gasteiger partial charge on any atom is 0.231 e. The molecule has 0 saturated carbocycles. The maximum atomic E-state index is 13.2. The molecule has 2 aromatic carbocycles. The van der Waals surface area contributed by atoms with Crippen LogP contribution in [0.15, 0.2) is 52.3 Å². The second-order valence-electron chi connectivity index (χ2n) is 11.0. The van der Waals surface area contributed by atoms with Gasteiger partial charge in [0.1, 0.15) is 0 Å². The zero-order valence-corrected chi connectivity index (χ0v) is 24.1. The predicted octanol–water partition coefficient (Wildman–Crippen LogP) is 3.13. The van der Waals surface area contributed by atoms with E-state index in [0.717, 1.165) is 38.0 Å². The molecule has 0 spiro atoms. The summed E-state index contributed by atoms with van der Waals surface area (Å²) >= 11 is 0. The largest absolute Gasteiger partial charge is 0.454 e. The number of sulfone groups is 1. The third kappa shape index (κ3) is 5.19. The molecule has 0 aliphatic carbocycles. The van der Waals surface area contributed by atoms with Crippen LogP contribution in [0, 0.1) is 0 Å². The molecule has 38 heavy (non-hydrogen) atoms. The van der Waals surface area contributed by atoms with Crippen molar-refractivity contribution in [2.45, 2.75) is 61.0 Å². The number of piperidine rings is 1. The van der Waals surface area contributed by atoms with Gasteiger partial charge in [0, 0.05) is 56.4 Å². The molecule has 0 N–H and O–H groups in total. The van der Waals surface area contributed by atoms with Gasteiger partial charge in [0.05, 0.1) is 16.0 Å². The molecule has 11 heteroatoms. The van der Waals surface area contributed by atoms with Crippen LogP contribution >= 0.6 is 0 Å². The van der Waals surface area contributed by atoms with Crippen LogP contribution in [0.5, 0.6) is 11.5 Å². The molecule has 9 nitrogen and oxygen atoms in total. The van der Waals surface area contributed by atoms with Gasteiger partial charge in [-0.25, -0.2) is 21.1 Å². The van der Waals surface area contributed by atoms with Crippen molar-refractivity contribution in [3.63, 3.8) is 0 Å². The monoisotopic (exact) mass is 563 g/mol. The number of benzene rings is 2. The van der Waals surface area contributed by atoms with Crippen LogP contribution in [0.25, 0.3) is 0 Å². The summed E-state index contributed by atoms with van der Waals surface area (Å²) in [6, 6.07) is 12.3. The Morgan fingerprint density at radius 3 is 2.16 bits per heavy atom. The Morgan fingerprint density at radius 2 is 1.53 bits per heavy atom. The summed E-state index contributed by atoms with van der Waals surface area (Å²) in [7, 11) is -6.82. The molecular weight excluding hydrogens is 526 g/mol. The highest BCUT2D eigenvalue weighted by Crippen LogP contribution is 2.37. The van der Waals surface area contributed by atoms with E-state index in [9.17, 15) is 16.8 Å². The average molecular weight is 564 g/mol. The van der Waals surface area contributed by atoms with Crippen LogP contribution in [-0.2, 0) is 19.9 Å². The number of fused-ring (bicyclic) bond motifs is 1. The molecule has 0 aromatic heterocycles. The van der Waals surface area contributed by atoms with Crippen molar-refractivity contribution in [2.24, 2.45) is 0 Å². The van der Waals surface area contributed by atoms with E-state index in [-0.39, 0.29) is 28.2 Å². The van der Waals surface area contributed by atoms with E-state index in [2.05, 4.69) is 30.6 Å². The molecule has 2 atom stereocenters. The van der Waals surface area contributed by atoms with E-state index >= 15 is 0 Å². The summed E-state index contributed by atoms with van der Waals surface area (Å²) < 4.78 is 62.5. The highest BCUT2D eigenvalue weighted by atomic mass is 32.2. The lowest BCUT2D eigenvalue weighted by molar-refractivity contribution is -0.0225. The number of nitrogens with zero attached hydrogens (tertiary/aromatic N) is 3. The minimum atomic E-state index is -3.68. The summed E-state index contributed by atoms with van der Waals surface area (Å²) in [6.45, 7) is 10.6. The van der Waals surface area contributed by atoms with Crippen molar-refractivity contribution in [3.05, 3.63) is 48.0 Å². The lowest BCUT2D eigenvalue weighted by Gasteiger charge is -2.52. The third-order valence-corrected chi connectivity index (χ3v) is 11.6. The zero-order chi connectivity index (χ0) is 27.3. The first-order chi connectivity index (χ1) is 17.9. The lowest BCUT2D eigenvalue weighted by Crippen LogP contribution is -2.62. The van der Waals surface area contributed by atoms with Crippen molar-refractivity contribution in [1.82, 2.24) is 14.1 Å². The van der Waals surface area contributed by atoms with Gasteiger partial charge in [-0.2, -0.15) is 0 Å². The van der Waals surface area contributed by atoms with E-state index in [0.29, 0.717) is 30.6 Å². The average Bonchev–Trinajstić information content (AvgIpc) is 3.36. The van der Waals surface area contributed by atoms with Crippen LogP contribution in [0.3, 0.4) is 0 Å². The third-order valence-electron chi connectivity index (χ3n) is 8.54. The van der Waals surface area contributed by atoms with Gasteiger partial charge in [-0.05, 0) is 63.4 Å². The molecule has 2 saturated heterocycles. The topological polar surface area (TPSA) is 96.5 Å². The van der Waals surface area contributed by atoms with Crippen LogP contribution in [0.4, 0.5) is 0 Å². The lowest BCUT2D eigenvalue weighted by atomic mass is 9.87. The van der Waals surface area contributed by atoms with Gasteiger partial charge in [-0.3, -0.25) is 9.80 Å². The Bertz CT molecular complexity index is 1390. The molecule has 208 valence electrons. The Kier molecular flexibility index (Phi) is 7.27. The molecule has 3 aliphatic heterocycles. The van der Waals surface area contributed by atoms with E-state index < -0.39 is 19.9 Å². The molecule has 0 radical (unpaired) electrons. The van der Waals surface area contributed by atoms with Gasteiger partial charge >= 0.3 is 0 Å². The quantitative estimate of drug-likeness (QED) is 0.529. The van der Waals surface area contributed by atoms with Crippen molar-refractivity contribution < 1.29 is 26.3 Å². The number of sulfonamides is 1. The molecule has 3 heterocycles. The summed E-state index contributed by atoms with van der Waals surface area (Å²) in [5.74, 6) is 0.995. The Balaban J connectivity index is 1.24. The fourth-order valence-corrected chi connectivity index (χ4v) is 8.07. The molecule has 0 unspecified atom stereocenters. The fourth-order valence-electron chi connectivity index (χ4n) is 5.95. The zero-order valence-electron chi connectivity index (χ0n) is 22.5. The molecule has 2 aromatic rings. The second kappa shape index (κ2) is 10.1. The minimum Gasteiger partial charge on any atom is -0.454 e. The summed E-state index contributed by atoms with van der Waals surface area (Å²) in [5, 5.41) is 0. The molecule has 0 amide bonds. The predicted molar refractivity (Wildman–Crippen MR) is 145 cm³/mol. The molecular formula is C27H37N3O6S2. The van der Waals surface area contributed by atoms with Gasteiger partial charge < -0.3 is 9.47 Å². The van der Waals surface area contributed by atoms with Gasteiger partial charge in [0.25, 0.3) is 0 Å². The molecule has 0 bridgehead atoms. The minimum absolute atomic E-state index is 0.00446. The Labute approximate surface area is 226 Å². The van der Waals surface area contributed by atoms with E-state index in [1.165, 1.54) is 12.3 Å². The fraction of sp³-hybridized carbons (Fsp3) is 0.556. The van der Waals surface area contributed by atoms with Crippen molar-refractivity contribution in [1.29, 1.82) is 0 Å². The first-order valence-electron chi connectivity index (χ1n) is 13.1. The summed E-state index contributed by atoms with van der Waals surface area (Å²) in [4.78, 5) is 5.43. The molecule has 5 rings (SSSR count). The van der Waals surface area contributed by atoms with Gasteiger partial charge in [0.2, 0.25) is 26.7 Å². The van der Waals surface area contributed by atoms with Gasteiger partial charge in [-0.15, -0.1) is 0 Å². The van der Waals surface area contributed by atoms with E-state index in [1.807, 2.05) is 12.1 Å². The molecule has 2 fully saturated rings. The number of piperazine rings is 1. The smallest absolute Gasteiger partial charge is 0.231 e. The van der Waals surface area contributed by atoms with Gasteiger partial charge in [-0.1, -0.05) is 12.1 Å². The van der Waals surface area contributed by atoms with Crippen molar-refractivity contribution in [2.75, 3.05) is 45.8 Å². The SMILES string of the molecule is C[C@@H]1CN(C2(C)CCN(S(C)(=O)=O)CC2)CCN1[C@@H](C)c1ccc(S(=O)(=O)c2ccc3c(c2)OCO3)cc1. The second-order valence-corrected chi connectivity index (χ2v) is 14.9. The first kappa shape index (κ1) is 27.4. The normalized spacial score (nSPS) is 23.8. The Morgan fingerprint density at radius 1 is 0.895 bits per heavy atom. The first-order valence-corrected chi connectivity index (χ1v) is 16.4. The standard InChI is InChI=1S/C27H37N3O6S2/c1-20-18-28(27(3)11-13-29(14-12-27)37(4,31)32)15-16-30(20)21(2)22-5-7-23(8-6-22)38(33,34)24-9-10-25-26(17-24)36-19-35-25/h5-10,17,20-21H,11-16,18-19H2,1-4H3/t20-,21+/m1/s1. The van der Waals surface area contributed by atoms with Crippen LogP contribution in [0.2, 0.25) is 0 Å². The number of ether oxygens (including phenoxy) is 2. The van der Waals surface area contributed by atoms with Gasteiger partial charge in [0.15, 0.2) is 11.5 Å². The number of rotatable bonds is 6. The Hall–Kier alpha value is -2.18. The summed E-state index contributed by atoms with van der Waals surface area (Å²) in [6.07, 6.45) is 2.96. The van der Waals surface area contributed by atoms with Crippen molar-refractivity contribution >= 4 is 19.9 Å². The van der Waals surface area contributed by atoms with Crippen LogP contribution < -0.4 is 9.47 Å². The highest BCUT2D eigenvalue weighted by Gasteiger charge is 2.41. The van der Waals surface area contributed by atoms with Crippen LogP contribution in [0.1, 0.15) is 45.2 Å². The van der Waals surface area contributed by atoms with E-state index in [4.69, 9.17) is 9.47 Å². The number of hydrogen-bond donors (Lipinski definition) is 0. The molecule has 3 aliphatic rings. The number of hydrogen-bond acceptors (Lipinski definition) is 8. The van der Waals surface area contributed by atoms with E-state index in [1.54, 1.807) is 28.6 Å². The van der Waals surface area contributed by atoms with Crippen LogP contribution in [-0.4, -0.2) is 88.3 Å².